The van der Waals surface area contributed by atoms with Crippen LogP contribution < -0.4 is 5.32 Å². The summed E-state index contributed by atoms with van der Waals surface area (Å²) in [5.74, 6) is 0. The van der Waals surface area contributed by atoms with E-state index in [1.807, 2.05) is 19.2 Å². The van der Waals surface area contributed by atoms with E-state index in [2.05, 4.69) is 29.4 Å². The Bertz CT molecular complexity index is 552. The van der Waals surface area contributed by atoms with E-state index in [0.717, 1.165) is 39.3 Å². The van der Waals surface area contributed by atoms with Gasteiger partial charge in [-0.15, -0.1) is 11.3 Å². The number of hydrogen-bond donors (Lipinski definition) is 1. The fraction of sp³-hybridized carbons (Fsp3) is 0.400. The largest absolute Gasteiger partial charge is 0.310 e. The maximum Gasteiger partial charge on any atom is 0.0992 e. The lowest BCUT2D eigenvalue weighted by atomic mass is 10.0. The van der Waals surface area contributed by atoms with Gasteiger partial charge < -0.3 is 5.32 Å². The van der Waals surface area contributed by atoms with E-state index in [-0.39, 0.29) is 6.04 Å². The molecule has 0 bridgehead atoms. The molecule has 0 amide bonds. The zero-order valence-electron chi connectivity index (χ0n) is 11.6. The third-order valence-corrected chi connectivity index (χ3v) is 4.60. The van der Waals surface area contributed by atoms with E-state index >= 15 is 0 Å². The van der Waals surface area contributed by atoms with E-state index < -0.39 is 0 Å². The molecule has 0 fully saturated rings. The average molecular weight is 329 g/mol. The lowest BCUT2D eigenvalue weighted by Crippen LogP contribution is -2.24. The third kappa shape index (κ3) is 4.19. The van der Waals surface area contributed by atoms with Crippen LogP contribution in [0.15, 0.2) is 24.4 Å². The minimum atomic E-state index is 0.154. The fourth-order valence-corrected chi connectivity index (χ4v) is 3.61. The summed E-state index contributed by atoms with van der Waals surface area (Å²) in [4.78, 5) is 4.48. The Morgan fingerprint density at radius 1 is 1.35 bits per heavy atom. The van der Waals surface area contributed by atoms with Gasteiger partial charge >= 0.3 is 0 Å². The summed E-state index contributed by atoms with van der Waals surface area (Å²) in [5, 5.41) is 3.53. The normalized spacial score (nSPS) is 12.6. The minimum Gasteiger partial charge on any atom is -0.310 e. The molecule has 1 atom stereocenters. The van der Waals surface area contributed by atoms with E-state index in [0.29, 0.717) is 0 Å². The summed E-state index contributed by atoms with van der Waals surface area (Å²) in [7, 11) is 0. The van der Waals surface area contributed by atoms with Crippen LogP contribution in [0.5, 0.6) is 0 Å². The predicted octanol–water partition coefficient (Wildman–Crippen LogP) is 5.04. The molecule has 1 N–H and O–H groups in total. The molecule has 0 aliphatic carbocycles. The predicted molar refractivity (Wildman–Crippen MR) is 88.1 cm³/mol. The summed E-state index contributed by atoms with van der Waals surface area (Å²) in [6.07, 6.45) is 3.79. The van der Waals surface area contributed by atoms with Crippen molar-refractivity contribution >= 4 is 34.5 Å². The van der Waals surface area contributed by atoms with Crippen LogP contribution in [-0.2, 0) is 6.42 Å². The number of pyridine rings is 1. The summed E-state index contributed by atoms with van der Waals surface area (Å²) in [6.45, 7) is 5.13. The molecule has 1 unspecified atom stereocenters. The zero-order chi connectivity index (χ0) is 14.5. The van der Waals surface area contributed by atoms with E-state index in [4.69, 9.17) is 23.2 Å². The standard InChI is InChI=1S/C15H18Cl2N2S/c1-3-6-18-13(12-8-14(16)20-15(12)17)7-11-5-4-10(2)9-19-11/h4-5,8-9,13,18H,3,6-7H2,1-2H3. The first kappa shape index (κ1) is 15.8. The molecular formula is C15H18Cl2N2S. The van der Waals surface area contributed by atoms with Crippen molar-refractivity contribution in [1.29, 1.82) is 0 Å². The highest BCUT2D eigenvalue weighted by atomic mass is 35.5. The summed E-state index contributed by atoms with van der Waals surface area (Å²) in [5.41, 5.74) is 3.29. The molecule has 2 nitrogen and oxygen atoms in total. The van der Waals surface area contributed by atoms with Crippen molar-refractivity contribution in [3.8, 4) is 0 Å². The SMILES string of the molecule is CCCNC(Cc1ccc(C)cn1)c1cc(Cl)sc1Cl. The molecule has 0 aliphatic heterocycles. The van der Waals surface area contributed by atoms with Crippen LogP contribution >= 0.6 is 34.5 Å². The van der Waals surface area contributed by atoms with Gasteiger partial charge in [0.1, 0.15) is 0 Å². The average Bonchev–Trinajstić information content (AvgIpc) is 2.76. The van der Waals surface area contributed by atoms with Gasteiger partial charge in [-0.05, 0) is 37.6 Å². The van der Waals surface area contributed by atoms with Crippen molar-refractivity contribution in [2.24, 2.45) is 0 Å². The number of aromatic nitrogens is 1. The zero-order valence-corrected chi connectivity index (χ0v) is 13.9. The molecule has 5 heteroatoms. The van der Waals surface area contributed by atoms with Gasteiger partial charge in [-0.25, -0.2) is 0 Å². The van der Waals surface area contributed by atoms with Gasteiger partial charge in [0, 0.05) is 29.9 Å². The number of aryl methyl sites for hydroxylation is 1. The Labute approximate surface area is 134 Å². The second-order valence-corrected chi connectivity index (χ2v) is 7.10. The Hall–Kier alpha value is -0.610. The Morgan fingerprint density at radius 2 is 2.15 bits per heavy atom. The van der Waals surface area contributed by atoms with Gasteiger partial charge in [-0.2, -0.15) is 0 Å². The number of thiophene rings is 1. The Balaban J connectivity index is 2.19. The summed E-state index contributed by atoms with van der Waals surface area (Å²) >= 11 is 13.8. The molecule has 2 aromatic rings. The molecule has 0 saturated carbocycles. The second kappa shape index (κ2) is 7.41. The Morgan fingerprint density at radius 3 is 2.70 bits per heavy atom. The highest BCUT2D eigenvalue weighted by Crippen LogP contribution is 2.36. The summed E-state index contributed by atoms with van der Waals surface area (Å²) in [6, 6.07) is 6.26. The van der Waals surface area contributed by atoms with Crippen LogP contribution in [0, 0.1) is 6.92 Å². The van der Waals surface area contributed by atoms with Crippen LogP contribution in [0.1, 0.15) is 36.2 Å². The van der Waals surface area contributed by atoms with Crippen molar-refractivity contribution in [2.75, 3.05) is 6.54 Å². The van der Waals surface area contributed by atoms with Gasteiger partial charge in [0.2, 0.25) is 0 Å². The smallest absolute Gasteiger partial charge is 0.0992 e. The fourth-order valence-electron chi connectivity index (χ4n) is 2.03. The minimum absolute atomic E-state index is 0.154. The monoisotopic (exact) mass is 328 g/mol. The van der Waals surface area contributed by atoms with Gasteiger partial charge in [-0.1, -0.05) is 36.2 Å². The van der Waals surface area contributed by atoms with Crippen molar-refractivity contribution in [2.45, 2.75) is 32.7 Å². The topological polar surface area (TPSA) is 24.9 Å². The van der Waals surface area contributed by atoms with Gasteiger partial charge in [0.15, 0.2) is 0 Å². The first-order chi connectivity index (χ1) is 9.60. The van der Waals surface area contributed by atoms with Crippen LogP contribution in [0.2, 0.25) is 8.67 Å². The van der Waals surface area contributed by atoms with Gasteiger partial charge in [-0.3, -0.25) is 4.98 Å². The van der Waals surface area contributed by atoms with Crippen molar-refractivity contribution in [3.63, 3.8) is 0 Å². The lowest BCUT2D eigenvalue weighted by Gasteiger charge is -2.18. The molecule has 2 aromatic heterocycles. The van der Waals surface area contributed by atoms with Crippen LogP contribution in [0.4, 0.5) is 0 Å². The number of nitrogens with zero attached hydrogens (tertiary/aromatic N) is 1. The van der Waals surface area contributed by atoms with E-state index in [9.17, 15) is 0 Å². The van der Waals surface area contributed by atoms with Crippen LogP contribution in [0.25, 0.3) is 0 Å². The number of halogens is 2. The number of rotatable bonds is 6. The number of hydrogen-bond acceptors (Lipinski definition) is 3. The molecule has 108 valence electrons. The van der Waals surface area contributed by atoms with Crippen molar-refractivity contribution < 1.29 is 0 Å². The van der Waals surface area contributed by atoms with Crippen molar-refractivity contribution in [3.05, 3.63) is 49.9 Å². The van der Waals surface area contributed by atoms with Crippen LogP contribution in [-0.4, -0.2) is 11.5 Å². The lowest BCUT2D eigenvalue weighted by molar-refractivity contribution is 0.526. The first-order valence-electron chi connectivity index (χ1n) is 6.69. The molecule has 2 heterocycles. The molecule has 0 aliphatic rings. The molecule has 0 saturated heterocycles. The maximum absolute atomic E-state index is 6.28. The summed E-state index contributed by atoms with van der Waals surface area (Å²) < 4.78 is 1.49. The molecule has 2 rings (SSSR count). The van der Waals surface area contributed by atoms with Gasteiger partial charge in [0.05, 0.1) is 8.67 Å². The van der Waals surface area contributed by atoms with Gasteiger partial charge in [0.25, 0.3) is 0 Å². The highest BCUT2D eigenvalue weighted by molar-refractivity contribution is 7.20. The van der Waals surface area contributed by atoms with E-state index in [1.54, 1.807) is 0 Å². The van der Waals surface area contributed by atoms with E-state index in [1.165, 1.54) is 16.9 Å². The quantitative estimate of drug-likeness (QED) is 0.803. The molecule has 0 aromatic carbocycles. The highest BCUT2D eigenvalue weighted by Gasteiger charge is 2.18. The maximum atomic E-state index is 6.28. The van der Waals surface area contributed by atoms with Crippen molar-refractivity contribution in [1.82, 2.24) is 10.3 Å². The Kier molecular flexibility index (Phi) is 5.85. The molecular weight excluding hydrogens is 311 g/mol. The first-order valence-corrected chi connectivity index (χ1v) is 8.27. The molecule has 0 spiro atoms. The van der Waals surface area contributed by atoms with Crippen LogP contribution in [0.3, 0.4) is 0 Å². The second-order valence-electron chi connectivity index (χ2n) is 4.82. The molecule has 20 heavy (non-hydrogen) atoms. The number of nitrogens with one attached hydrogen (secondary N) is 1. The third-order valence-electron chi connectivity index (χ3n) is 3.09. The molecule has 0 radical (unpaired) electrons.